The van der Waals surface area contributed by atoms with Gasteiger partial charge in [0.05, 0.1) is 7.11 Å². The van der Waals surface area contributed by atoms with E-state index in [0.29, 0.717) is 16.6 Å². The Morgan fingerprint density at radius 1 is 1.56 bits per heavy atom. The third-order valence-electron chi connectivity index (χ3n) is 2.09. The molecule has 0 radical (unpaired) electrons. The number of primary amides is 1. The predicted octanol–water partition coefficient (Wildman–Crippen LogP) is 0.971. The Morgan fingerprint density at radius 3 is 3.00 bits per heavy atom. The highest BCUT2D eigenvalue weighted by Gasteiger charge is 2.16. The van der Waals surface area contributed by atoms with Gasteiger partial charge < -0.3 is 21.5 Å². The first-order valence-electron chi connectivity index (χ1n) is 4.94. The third kappa shape index (κ3) is 2.33. The summed E-state index contributed by atoms with van der Waals surface area (Å²) in [6.45, 7) is 0. The topological polar surface area (TPSA) is 116 Å². The number of pyridine rings is 1. The summed E-state index contributed by atoms with van der Waals surface area (Å²) >= 11 is 1.13. The molecule has 5 N–H and O–H groups in total. The van der Waals surface area contributed by atoms with E-state index in [9.17, 15) is 4.79 Å². The molecule has 0 aliphatic carbocycles. The van der Waals surface area contributed by atoms with Crippen molar-refractivity contribution in [3.05, 3.63) is 24.0 Å². The number of rotatable bonds is 4. The summed E-state index contributed by atoms with van der Waals surface area (Å²) in [5.41, 5.74) is 11.5. The molecule has 2 aromatic rings. The van der Waals surface area contributed by atoms with Crippen LogP contribution in [-0.2, 0) is 0 Å². The molecule has 0 fully saturated rings. The summed E-state index contributed by atoms with van der Waals surface area (Å²) in [7, 11) is 1.50. The Labute approximate surface area is 107 Å². The van der Waals surface area contributed by atoms with Crippen molar-refractivity contribution in [1.82, 2.24) is 9.97 Å². The maximum absolute atomic E-state index is 11.2. The molecule has 0 aromatic carbocycles. The second-order valence-corrected chi connectivity index (χ2v) is 4.31. The highest BCUT2D eigenvalue weighted by atomic mass is 32.1. The maximum atomic E-state index is 11.2. The molecule has 0 unspecified atom stereocenters. The minimum absolute atomic E-state index is 0.100. The van der Waals surface area contributed by atoms with E-state index in [0.717, 1.165) is 11.3 Å². The van der Waals surface area contributed by atoms with Crippen LogP contribution in [0.3, 0.4) is 0 Å². The van der Waals surface area contributed by atoms with Crippen LogP contribution in [0.4, 0.5) is 15.8 Å². The fourth-order valence-corrected chi connectivity index (χ4v) is 2.11. The number of amides is 1. The van der Waals surface area contributed by atoms with Crippen molar-refractivity contribution in [3.63, 3.8) is 0 Å². The van der Waals surface area contributed by atoms with Gasteiger partial charge in [0.2, 0.25) is 5.88 Å². The minimum Gasteiger partial charge on any atom is -0.480 e. The summed E-state index contributed by atoms with van der Waals surface area (Å²) in [6.07, 6.45) is 1.60. The number of nitrogen functional groups attached to an aromatic ring is 1. The van der Waals surface area contributed by atoms with Gasteiger partial charge in [-0.15, -0.1) is 0 Å². The van der Waals surface area contributed by atoms with Crippen molar-refractivity contribution in [2.24, 2.45) is 5.73 Å². The number of hydrogen-bond donors (Lipinski definition) is 3. The van der Waals surface area contributed by atoms with Crippen molar-refractivity contribution >= 4 is 33.1 Å². The van der Waals surface area contributed by atoms with E-state index < -0.39 is 5.91 Å². The van der Waals surface area contributed by atoms with Gasteiger partial charge in [-0.25, -0.2) is 9.97 Å². The SMILES string of the molecule is COc1ncccc1Nc1sc(N)nc1C(N)=O. The average Bonchev–Trinajstić information content (AvgIpc) is 2.71. The van der Waals surface area contributed by atoms with Crippen molar-refractivity contribution < 1.29 is 9.53 Å². The molecular weight excluding hydrogens is 254 g/mol. The number of carbonyl (C=O) groups is 1. The van der Waals surface area contributed by atoms with E-state index in [4.69, 9.17) is 16.2 Å². The quantitative estimate of drug-likeness (QED) is 0.758. The van der Waals surface area contributed by atoms with E-state index in [1.165, 1.54) is 7.11 Å². The van der Waals surface area contributed by atoms with Gasteiger partial charge in [0.1, 0.15) is 10.7 Å². The van der Waals surface area contributed by atoms with Gasteiger partial charge in [-0.05, 0) is 12.1 Å². The molecule has 0 aliphatic rings. The van der Waals surface area contributed by atoms with Gasteiger partial charge >= 0.3 is 0 Å². The molecule has 1 amide bonds. The molecule has 7 nitrogen and oxygen atoms in total. The van der Waals surface area contributed by atoms with Gasteiger partial charge in [0, 0.05) is 6.20 Å². The summed E-state index contributed by atoms with van der Waals surface area (Å²) in [4.78, 5) is 19.1. The predicted molar refractivity (Wildman–Crippen MR) is 69.1 cm³/mol. The number of nitrogens with zero attached hydrogens (tertiary/aromatic N) is 2. The van der Waals surface area contributed by atoms with E-state index >= 15 is 0 Å². The lowest BCUT2D eigenvalue weighted by molar-refractivity contribution is 0.0997. The lowest BCUT2D eigenvalue weighted by Crippen LogP contribution is -2.13. The van der Waals surface area contributed by atoms with Crippen LogP contribution in [0, 0.1) is 0 Å². The summed E-state index contributed by atoms with van der Waals surface area (Å²) in [5.74, 6) is -0.242. The van der Waals surface area contributed by atoms with Crippen LogP contribution in [0.15, 0.2) is 18.3 Å². The second kappa shape index (κ2) is 4.88. The largest absolute Gasteiger partial charge is 0.480 e. The highest BCUT2D eigenvalue weighted by molar-refractivity contribution is 7.19. The van der Waals surface area contributed by atoms with Gasteiger partial charge in [0.25, 0.3) is 5.91 Å². The molecule has 8 heteroatoms. The molecule has 0 saturated heterocycles. The smallest absolute Gasteiger partial charge is 0.270 e. The van der Waals surface area contributed by atoms with Crippen LogP contribution in [0.1, 0.15) is 10.5 Å². The monoisotopic (exact) mass is 265 g/mol. The first kappa shape index (κ1) is 12.1. The van der Waals surface area contributed by atoms with Crippen LogP contribution >= 0.6 is 11.3 Å². The summed E-state index contributed by atoms with van der Waals surface area (Å²) in [5, 5.41) is 3.70. The summed E-state index contributed by atoms with van der Waals surface area (Å²) in [6, 6.07) is 3.49. The van der Waals surface area contributed by atoms with Crippen molar-refractivity contribution in [2.45, 2.75) is 0 Å². The second-order valence-electron chi connectivity index (χ2n) is 3.28. The molecule has 0 bridgehead atoms. The Kier molecular flexibility index (Phi) is 3.28. The minimum atomic E-state index is -0.645. The van der Waals surface area contributed by atoms with Gasteiger partial charge in [-0.3, -0.25) is 4.79 Å². The Balaban J connectivity index is 2.36. The Morgan fingerprint density at radius 2 is 2.33 bits per heavy atom. The van der Waals surface area contributed by atoms with Gasteiger partial charge in [0.15, 0.2) is 10.8 Å². The molecule has 0 saturated carbocycles. The zero-order chi connectivity index (χ0) is 13.1. The van der Waals surface area contributed by atoms with Crippen molar-refractivity contribution in [1.29, 1.82) is 0 Å². The number of thiazole rings is 1. The first-order valence-corrected chi connectivity index (χ1v) is 5.75. The van der Waals surface area contributed by atoms with Crippen LogP contribution in [0.2, 0.25) is 0 Å². The normalized spacial score (nSPS) is 10.1. The molecule has 94 valence electrons. The van der Waals surface area contributed by atoms with Crippen molar-refractivity contribution in [2.75, 3.05) is 18.2 Å². The van der Waals surface area contributed by atoms with Crippen LogP contribution in [-0.4, -0.2) is 23.0 Å². The summed E-state index contributed by atoms with van der Waals surface area (Å²) < 4.78 is 5.09. The number of ether oxygens (including phenoxy) is 1. The molecule has 2 heterocycles. The van der Waals surface area contributed by atoms with E-state index in [1.807, 2.05) is 0 Å². The number of aromatic nitrogens is 2. The van der Waals surface area contributed by atoms with Crippen LogP contribution < -0.4 is 21.5 Å². The Hall–Kier alpha value is -2.35. The molecule has 0 spiro atoms. The third-order valence-corrected chi connectivity index (χ3v) is 2.89. The number of nitrogens with two attached hydrogens (primary N) is 2. The molecule has 18 heavy (non-hydrogen) atoms. The van der Waals surface area contributed by atoms with Crippen molar-refractivity contribution in [3.8, 4) is 5.88 Å². The first-order chi connectivity index (χ1) is 8.61. The molecule has 0 atom stereocenters. The number of methoxy groups -OCH3 is 1. The number of anilines is 3. The lowest BCUT2D eigenvalue weighted by atomic mass is 10.3. The fourth-order valence-electron chi connectivity index (χ4n) is 1.36. The number of hydrogen-bond acceptors (Lipinski definition) is 7. The van der Waals surface area contributed by atoms with Gasteiger partial charge in [-0.2, -0.15) is 0 Å². The highest BCUT2D eigenvalue weighted by Crippen LogP contribution is 2.32. The Bertz CT molecular complexity index is 583. The van der Waals surface area contributed by atoms with E-state index in [2.05, 4.69) is 15.3 Å². The molecular formula is C10H11N5O2S. The number of carbonyl (C=O) groups excluding carboxylic acids is 1. The van der Waals surface area contributed by atoms with E-state index in [-0.39, 0.29) is 10.8 Å². The molecule has 0 aliphatic heterocycles. The zero-order valence-electron chi connectivity index (χ0n) is 9.51. The maximum Gasteiger partial charge on any atom is 0.270 e. The molecule has 2 rings (SSSR count). The van der Waals surface area contributed by atoms with Gasteiger partial charge in [-0.1, -0.05) is 11.3 Å². The number of nitrogens with one attached hydrogen (secondary N) is 1. The fraction of sp³-hybridized carbons (Fsp3) is 0.100. The molecule has 2 aromatic heterocycles. The zero-order valence-corrected chi connectivity index (χ0v) is 10.3. The van der Waals surface area contributed by atoms with Crippen LogP contribution in [0.5, 0.6) is 5.88 Å². The average molecular weight is 265 g/mol. The van der Waals surface area contributed by atoms with E-state index in [1.54, 1.807) is 18.3 Å². The lowest BCUT2D eigenvalue weighted by Gasteiger charge is -2.08. The standard InChI is InChI=1S/C10H11N5O2S/c1-17-8-5(3-2-4-13-8)14-9-6(7(11)16)15-10(12)18-9/h2-4,14H,1H3,(H2,11,16)(H2,12,15). The van der Waals surface area contributed by atoms with Crippen LogP contribution in [0.25, 0.3) is 0 Å².